The molecule has 6 amide bonds. The molecule has 4 heterocycles. The van der Waals surface area contributed by atoms with Crippen molar-refractivity contribution in [2.24, 2.45) is 11.8 Å². The number of amides is 6. The molecule has 2 fully saturated rings. The normalized spacial score (nSPS) is 24.9. The molecule has 6 rings (SSSR count). The molecule has 9 N–H and O–H groups in total. The summed E-state index contributed by atoms with van der Waals surface area (Å²) in [6.07, 6.45) is 3.45. The van der Waals surface area contributed by atoms with Gasteiger partial charge in [0.05, 0.1) is 5.92 Å². The van der Waals surface area contributed by atoms with Crippen LogP contribution in [0.25, 0.3) is 11.2 Å². The molecule has 0 bridgehead atoms. The van der Waals surface area contributed by atoms with Gasteiger partial charge in [-0.15, -0.1) is 0 Å². The van der Waals surface area contributed by atoms with E-state index in [1.807, 2.05) is 51.0 Å². The van der Waals surface area contributed by atoms with Gasteiger partial charge in [-0.2, -0.15) is 0 Å². The summed E-state index contributed by atoms with van der Waals surface area (Å²) >= 11 is 1.48. The molecule has 3 unspecified atom stereocenters. The Morgan fingerprint density at radius 1 is 1.04 bits per heavy atom. The number of likely N-dealkylation sites (tertiary alicyclic amines) is 1. The molecule has 3 aliphatic rings. The maximum atomic E-state index is 13.4. The van der Waals surface area contributed by atoms with Crippen molar-refractivity contribution in [1.82, 2.24) is 35.8 Å². The van der Waals surface area contributed by atoms with Crippen LogP contribution in [-0.2, 0) is 45.6 Å². The second-order valence-corrected chi connectivity index (χ2v) is 26.1. The van der Waals surface area contributed by atoms with E-state index in [1.54, 1.807) is 26.0 Å². The molecule has 2 saturated heterocycles. The Bertz CT molecular complexity index is 2510. The zero-order chi connectivity index (χ0) is 52.9. The average molecular weight is 1230 g/mol. The summed E-state index contributed by atoms with van der Waals surface area (Å²) in [5.41, 5.74) is 3.64. The first-order valence-corrected chi connectivity index (χ1v) is 28.2. The second kappa shape index (κ2) is 23.9. The van der Waals surface area contributed by atoms with Crippen LogP contribution in [0.2, 0.25) is 0 Å². The van der Waals surface area contributed by atoms with Gasteiger partial charge in [-0.25, -0.2) is 0 Å². The third-order valence-electron chi connectivity index (χ3n) is 13.9. The summed E-state index contributed by atoms with van der Waals surface area (Å²) in [4.78, 5) is 92.3. The van der Waals surface area contributed by atoms with Crippen molar-refractivity contribution >= 4 is 80.7 Å². The number of hydrogen-bond donors (Lipinski definition) is 9. The Morgan fingerprint density at radius 2 is 1.74 bits per heavy atom. The number of anilines is 2. The van der Waals surface area contributed by atoms with E-state index >= 15 is 0 Å². The predicted octanol–water partition coefficient (Wildman–Crippen LogP) is -1.34. The maximum Gasteiger partial charge on any atom is 0.234 e. The number of nitrogens with zero attached hydrogens (tertiary/aromatic N) is 5. The molecule has 10 atom stereocenters. The number of carbonyl (C=O) groups excluding carboxylic acids is 6. The van der Waals surface area contributed by atoms with E-state index in [-0.39, 0.29) is 56.4 Å². The summed E-state index contributed by atoms with van der Waals surface area (Å²) < 4.78 is 8.40. The van der Waals surface area contributed by atoms with Crippen molar-refractivity contribution in [3.63, 3.8) is 0 Å². The van der Waals surface area contributed by atoms with Crippen molar-refractivity contribution in [1.29, 1.82) is 0 Å². The molecule has 0 spiro atoms. The molecule has 1 aromatic carbocycles. The van der Waals surface area contributed by atoms with E-state index < -0.39 is 94.4 Å². The van der Waals surface area contributed by atoms with Crippen LogP contribution in [0.4, 0.5) is 11.5 Å². The first-order chi connectivity index (χ1) is 34.0. The minimum atomic E-state index is -1.49. The fourth-order valence-electron chi connectivity index (χ4n) is 9.54. The van der Waals surface area contributed by atoms with Gasteiger partial charge in [0.25, 0.3) is 0 Å². The van der Waals surface area contributed by atoms with Gasteiger partial charge in [-0.1, -0.05) is 63.6 Å². The van der Waals surface area contributed by atoms with Crippen LogP contribution in [-0.4, -0.2) is 151 Å². The summed E-state index contributed by atoms with van der Waals surface area (Å²) in [6, 6.07) is 4.21. The Kier molecular flexibility index (Phi) is 18.8. The number of carbonyl (C=O) groups is 6. The van der Waals surface area contributed by atoms with Crippen molar-refractivity contribution in [3.05, 3.63) is 54.1 Å². The van der Waals surface area contributed by atoms with Gasteiger partial charge >= 0.3 is 264 Å². The number of allylic oxidation sites excluding steroid dienone is 2. The van der Waals surface area contributed by atoms with Crippen LogP contribution >= 0.6 is 22.6 Å². The number of aromatic amines is 1. The minimum absolute atomic E-state index is 0.0768. The molecular formula is C49H72I2N11O10+. The van der Waals surface area contributed by atoms with Gasteiger partial charge < -0.3 is 5.32 Å². The number of alkyl halides is 2. The van der Waals surface area contributed by atoms with E-state index in [4.69, 9.17) is 4.74 Å². The van der Waals surface area contributed by atoms with Gasteiger partial charge in [0.1, 0.15) is 5.54 Å². The first kappa shape index (κ1) is 56.9. The predicted molar refractivity (Wildman–Crippen MR) is 271 cm³/mol. The number of nitrogens with one attached hydrogen (secondary N) is 6. The molecule has 0 radical (unpaired) electrons. The number of rotatable bonds is 24. The number of aliphatic hydroxyl groups excluding tert-OH is 3. The molecule has 2 aromatic heterocycles. The van der Waals surface area contributed by atoms with Crippen molar-refractivity contribution in [3.8, 4) is 0 Å². The minimum Gasteiger partial charge on any atom is -0.274 e. The SMILES string of the molecule is CCCC(I)(CC)C1CC(=O)N(CCC(=O)N[C@H](C(=O)N[C@@H](C)C(=O)Nc2ccc(C[N+](C)(C)[I-]CC(=O)N[C@@H]3[C@@H](O)[C@H](O)[C@@H](Nc4ncnc5c4[nH]c[n+]5C4(CC)C=C4C)O[C@H]3CO)cc2)C(C)C)C1=O. The zero-order valence-electron chi connectivity index (χ0n) is 42.5. The monoisotopic (exact) mass is 1230 g/mol. The molecule has 23 heteroatoms. The zero-order valence-corrected chi connectivity index (χ0v) is 46.8. The van der Waals surface area contributed by atoms with Gasteiger partial charge in [0.15, 0.2) is 0 Å². The van der Waals surface area contributed by atoms with Crippen molar-refractivity contribution in [2.75, 3.05) is 42.3 Å². The van der Waals surface area contributed by atoms with Gasteiger partial charge in [-0.3, -0.25) is 19.3 Å². The van der Waals surface area contributed by atoms with Gasteiger partial charge in [-0.05, 0) is 43.8 Å². The smallest absolute Gasteiger partial charge is 0.234 e. The van der Waals surface area contributed by atoms with Crippen LogP contribution in [0.1, 0.15) is 92.6 Å². The summed E-state index contributed by atoms with van der Waals surface area (Å²) in [5.74, 6) is -2.85. The Balaban J connectivity index is 0.937. The number of hydrogen-bond acceptors (Lipinski definition) is 13. The molecule has 21 nitrogen and oxygen atoms in total. The number of aliphatic hydroxyl groups is 3. The molecular weight excluding hydrogens is 1160 g/mol. The van der Waals surface area contributed by atoms with E-state index in [0.29, 0.717) is 31.9 Å². The van der Waals surface area contributed by atoms with Crippen LogP contribution in [0.5, 0.6) is 0 Å². The third kappa shape index (κ3) is 12.9. The molecule has 2 aliphatic heterocycles. The Hall–Kier alpha value is -4.41. The van der Waals surface area contributed by atoms with Crippen molar-refractivity contribution in [2.45, 2.75) is 145 Å². The summed E-state index contributed by atoms with van der Waals surface area (Å²) in [7, 11) is 4.01. The van der Waals surface area contributed by atoms with E-state index in [2.05, 4.69) is 84.1 Å². The fraction of sp³-hybridized carbons (Fsp3) is 0.612. The molecule has 1 aliphatic carbocycles. The maximum absolute atomic E-state index is 13.4. The number of halogens is 2. The fourth-order valence-corrected chi connectivity index (χ4v) is 12.7. The van der Waals surface area contributed by atoms with E-state index in [1.165, 1.54) is 23.7 Å². The number of quaternary nitrogens is 1. The quantitative estimate of drug-likeness (QED) is 0.0126. The van der Waals surface area contributed by atoms with Gasteiger partial charge in [0, 0.05) is 22.8 Å². The molecule has 0 saturated carbocycles. The number of fused-ring (bicyclic) bond motifs is 1. The number of imidazole rings is 1. The standard InChI is InChI=1S/C49H71I2N11O10/c1-10-18-48(50,11-2)32-20-36(66)60(47(32)71)19-17-34(64)57-37(27(4)5)45(70)55-29(7)44(69)56-31-15-13-30(14-16-31)23-62(8,9)51-22-35(65)58-38-33(24-63)72-46(41(68)40(38)67)59-42-39-43(53-25-52-42)61(26-54-39)49(12-3)21-28(49)6/h13-16,21,25-27,29,32-33,37-38,40-41,46,63,67-68H,10-12,17-20,22-24H2,1-9H3,(H5,52,53,55,56,57,58,59,64,65,69,70)/p+1/t29-,32?,33-,37-,38-,40+,41-,46-,48?,49?/m0/s1. The van der Waals surface area contributed by atoms with Crippen LogP contribution < -0.4 is 52.6 Å². The van der Waals surface area contributed by atoms with Crippen LogP contribution in [0.15, 0.2) is 48.6 Å². The third-order valence-corrected chi connectivity index (χ3v) is 19.2. The molecule has 396 valence electrons. The van der Waals surface area contributed by atoms with E-state index in [0.717, 1.165) is 31.2 Å². The topological polar surface area (TPSA) is 281 Å². The number of benzene rings is 1. The van der Waals surface area contributed by atoms with E-state index in [9.17, 15) is 44.1 Å². The average Bonchev–Trinajstić information content (AvgIpc) is 3.63. The summed E-state index contributed by atoms with van der Waals surface area (Å²) in [5, 5.41) is 46.8. The van der Waals surface area contributed by atoms with Crippen LogP contribution in [0.3, 0.4) is 0 Å². The number of aromatic nitrogens is 4. The largest absolute Gasteiger partial charge is 0.274 e. The molecule has 3 aromatic rings. The van der Waals surface area contributed by atoms with Crippen LogP contribution in [0, 0.1) is 11.8 Å². The summed E-state index contributed by atoms with van der Waals surface area (Å²) in [6.45, 7) is 13.2. The van der Waals surface area contributed by atoms with Crippen molar-refractivity contribution < 1.29 is 77.6 Å². The van der Waals surface area contributed by atoms with Gasteiger partial charge in [0.2, 0.25) is 17.7 Å². The number of imide groups is 1. The second-order valence-electron chi connectivity index (χ2n) is 19.8. The number of ether oxygens (including phenoxy) is 1. The number of H-pyrrole nitrogens is 1. The first-order valence-electron chi connectivity index (χ1n) is 24.6. The Labute approximate surface area is 444 Å². The Morgan fingerprint density at radius 3 is 2.35 bits per heavy atom. The molecule has 72 heavy (non-hydrogen) atoms.